The summed E-state index contributed by atoms with van der Waals surface area (Å²) in [5, 5.41) is 18.8. The minimum absolute atomic E-state index is 0.0746. The summed E-state index contributed by atoms with van der Waals surface area (Å²) in [7, 11) is 1.65. The van der Waals surface area contributed by atoms with Gasteiger partial charge in [0.05, 0.1) is 12.5 Å². The number of hydrogen-bond donors (Lipinski definition) is 3. The van der Waals surface area contributed by atoms with Crippen molar-refractivity contribution in [1.29, 1.82) is 0 Å². The molecule has 7 nitrogen and oxygen atoms in total. The second kappa shape index (κ2) is 9.44. The Bertz CT molecular complexity index is 1190. The Morgan fingerprint density at radius 1 is 1.13 bits per heavy atom. The van der Waals surface area contributed by atoms with E-state index in [1.807, 2.05) is 24.3 Å². The lowest BCUT2D eigenvalue weighted by molar-refractivity contribution is 0.0953. The quantitative estimate of drug-likeness (QED) is 0.358. The van der Waals surface area contributed by atoms with Crippen LogP contribution >= 0.6 is 11.3 Å². The molecule has 0 fully saturated rings. The summed E-state index contributed by atoms with van der Waals surface area (Å²) < 4.78 is 5.25. The van der Waals surface area contributed by atoms with Crippen molar-refractivity contribution in [2.45, 2.75) is 6.42 Å². The number of phenols is 1. The number of ether oxygens (including phenoxy) is 1. The van der Waals surface area contributed by atoms with Crippen LogP contribution in [-0.4, -0.2) is 41.2 Å². The van der Waals surface area contributed by atoms with E-state index in [9.17, 15) is 9.90 Å². The molecular formula is C23H22N4O3S. The fourth-order valence-corrected chi connectivity index (χ4v) is 4.15. The highest BCUT2D eigenvalue weighted by Crippen LogP contribution is 2.36. The number of thiophene rings is 1. The van der Waals surface area contributed by atoms with Gasteiger partial charge in [-0.1, -0.05) is 18.2 Å². The molecule has 0 unspecified atom stereocenters. The summed E-state index contributed by atoms with van der Waals surface area (Å²) in [5.41, 5.74) is 2.58. The molecular weight excluding hydrogens is 412 g/mol. The van der Waals surface area contributed by atoms with Crippen LogP contribution < -0.4 is 15.4 Å². The molecule has 2 aromatic carbocycles. The van der Waals surface area contributed by atoms with Gasteiger partial charge in [-0.25, -0.2) is 9.97 Å². The van der Waals surface area contributed by atoms with Crippen LogP contribution in [0.1, 0.15) is 16.8 Å². The molecule has 158 valence electrons. The average molecular weight is 435 g/mol. The van der Waals surface area contributed by atoms with E-state index < -0.39 is 0 Å². The van der Waals surface area contributed by atoms with Gasteiger partial charge in [0, 0.05) is 29.6 Å². The van der Waals surface area contributed by atoms with Crippen molar-refractivity contribution < 1.29 is 14.6 Å². The number of anilines is 1. The summed E-state index contributed by atoms with van der Waals surface area (Å²) in [4.78, 5) is 21.9. The van der Waals surface area contributed by atoms with Gasteiger partial charge in [-0.2, -0.15) is 0 Å². The molecule has 0 aliphatic heterocycles. The number of carbonyl (C=O) groups excluding carboxylic acids is 1. The second-order valence-corrected chi connectivity index (χ2v) is 7.72. The lowest BCUT2D eigenvalue weighted by Crippen LogP contribution is -2.25. The van der Waals surface area contributed by atoms with E-state index in [0.717, 1.165) is 39.3 Å². The molecule has 0 bridgehead atoms. The second-order valence-electron chi connectivity index (χ2n) is 6.87. The van der Waals surface area contributed by atoms with E-state index in [-0.39, 0.29) is 11.7 Å². The van der Waals surface area contributed by atoms with Crippen molar-refractivity contribution in [3.63, 3.8) is 0 Å². The summed E-state index contributed by atoms with van der Waals surface area (Å²) in [5.74, 6) is 1.45. The minimum atomic E-state index is -0.208. The van der Waals surface area contributed by atoms with E-state index >= 15 is 0 Å². The number of fused-ring (bicyclic) bond motifs is 1. The van der Waals surface area contributed by atoms with Crippen LogP contribution in [0.15, 0.2) is 60.2 Å². The van der Waals surface area contributed by atoms with Crippen molar-refractivity contribution in [3.05, 3.63) is 65.8 Å². The number of aromatic nitrogens is 2. The van der Waals surface area contributed by atoms with Gasteiger partial charge in [-0.05, 0) is 42.3 Å². The van der Waals surface area contributed by atoms with Gasteiger partial charge < -0.3 is 20.5 Å². The van der Waals surface area contributed by atoms with Crippen molar-refractivity contribution >= 4 is 33.3 Å². The van der Waals surface area contributed by atoms with Gasteiger partial charge >= 0.3 is 0 Å². The number of methoxy groups -OCH3 is 1. The molecule has 0 saturated heterocycles. The third-order valence-electron chi connectivity index (χ3n) is 4.81. The topological polar surface area (TPSA) is 96.4 Å². The van der Waals surface area contributed by atoms with E-state index in [4.69, 9.17) is 4.74 Å². The SMILES string of the molecule is COc1ccc(-c2csc3ncnc(NCCCNC(=O)c4cccc(O)c4)c23)cc1. The van der Waals surface area contributed by atoms with Gasteiger partial charge in [0.15, 0.2) is 0 Å². The Hall–Kier alpha value is -3.65. The van der Waals surface area contributed by atoms with Gasteiger partial charge in [0.25, 0.3) is 5.91 Å². The van der Waals surface area contributed by atoms with Crippen molar-refractivity contribution in [2.75, 3.05) is 25.5 Å². The first kappa shape index (κ1) is 20.6. The summed E-state index contributed by atoms with van der Waals surface area (Å²) in [6, 6.07) is 14.2. The standard InChI is InChI=1S/C23H22N4O3S/c1-30-18-8-6-15(7-9-18)19-13-31-23-20(19)21(26-14-27-23)24-10-3-11-25-22(29)16-4-2-5-17(28)12-16/h2,4-9,12-14,28H,3,10-11H2,1H3,(H,25,29)(H,24,26,27). The number of nitrogens with zero attached hydrogens (tertiary/aromatic N) is 2. The zero-order valence-corrected chi connectivity index (χ0v) is 17.8. The first-order valence-electron chi connectivity index (χ1n) is 9.83. The third kappa shape index (κ3) is 4.75. The Labute approximate surface area is 183 Å². The number of benzene rings is 2. The number of rotatable bonds is 8. The average Bonchev–Trinajstić information content (AvgIpc) is 3.24. The maximum atomic E-state index is 12.1. The zero-order chi connectivity index (χ0) is 21.6. The Morgan fingerprint density at radius 3 is 2.74 bits per heavy atom. The molecule has 0 atom stereocenters. The third-order valence-corrected chi connectivity index (χ3v) is 5.70. The lowest BCUT2D eigenvalue weighted by Gasteiger charge is -2.10. The predicted octanol–water partition coefficient (Wildman–Crippen LogP) is 4.30. The summed E-state index contributed by atoms with van der Waals surface area (Å²) >= 11 is 1.58. The van der Waals surface area contributed by atoms with Crippen molar-refractivity contribution in [3.8, 4) is 22.6 Å². The van der Waals surface area contributed by atoms with Crippen LogP contribution in [0.25, 0.3) is 21.3 Å². The van der Waals surface area contributed by atoms with E-state index in [2.05, 4.69) is 26.0 Å². The van der Waals surface area contributed by atoms with Crippen LogP contribution in [0.4, 0.5) is 5.82 Å². The predicted molar refractivity (Wildman–Crippen MR) is 123 cm³/mol. The minimum Gasteiger partial charge on any atom is -0.508 e. The smallest absolute Gasteiger partial charge is 0.251 e. The van der Waals surface area contributed by atoms with Gasteiger partial charge in [-0.15, -0.1) is 11.3 Å². The molecule has 0 aliphatic carbocycles. The fourth-order valence-electron chi connectivity index (χ4n) is 3.24. The molecule has 2 heterocycles. The van der Waals surface area contributed by atoms with Gasteiger partial charge in [0.2, 0.25) is 0 Å². The Kier molecular flexibility index (Phi) is 6.28. The molecule has 0 spiro atoms. The number of carbonyl (C=O) groups is 1. The lowest BCUT2D eigenvalue weighted by atomic mass is 10.1. The molecule has 8 heteroatoms. The Balaban J connectivity index is 1.39. The van der Waals surface area contributed by atoms with Crippen molar-refractivity contribution in [2.24, 2.45) is 0 Å². The molecule has 0 saturated carbocycles. The summed E-state index contributed by atoms with van der Waals surface area (Å²) in [6.45, 7) is 1.15. The van der Waals surface area contributed by atoms with Crippen molar-refractivity contribution in [1.82, 2.24) is 15.3 Å². The number of amides is 1. The van der Waals surface area contributed by atoms with E-state index in [1.165, 1.54) is 12.1 Å². The highest BCUT2D eigenvalue weighted by atomic mass is 32.1. The maximum Gasteiger partial charge on any atom is 0.251 e. The van der Waals surface area contributed by atoms with Crippen LogP contribution in [0.3, 0.4) is 0 Å². The molecule has 31 heavy (non-hydrogen) atoms. The molecule has 4 rings (SSSR count). The fraction of sp³-hybridized carbons (Fsp3) is 0.174. The normalized spacial score (nSPS) is 10.7. The Morgan fingerprint density at radius 2 is 1.97 bits per heavy atom. The highest BCUT2D eigenvalue weighted by Gasteiger charge is 2.13. The monoisotopic (exact) mass is 434 g/mol. The van der Waals surface area contributed by atoms with E-state index in [1.54, 1.807) is 36.9 Å². The first-order valence-corrected chi connectivity index (χ1v) is 10.7. The zero-order valence-electron chi connectivity index (χ0n) is 17.0. The highest BCUT2D eigenvalue weighted by molar-refractivity contribution is 7.17. The number of hydrogen-bond acceptors (Lipinski definition) is 7. The maximum absolute atomic E-state index is 12.1. The largest absolute Gasteiger partial charge is 0.508 e. The number of phenolic OH excluding ortho intramolecular Hbond substituents is 1. The van der Waals surface area contributed by atoms with Gasteiger partial charge in [0.1, 0.15) is 28.5 Å². The summed E-state index contributed by atoms with van der Waals surface area (Å²) in [6.07, 6.45) is 2.28. The molecule has 4 aromatic rings. The molecule has 2 aromatic heterocycles. The molecule has 3 N–H and O–H groups in total. The van der Waals surface area contributed by atoms with Crippen LogP contribution in [-0.2, 0) is 0 Å². The molecule has 1 amide bonds. The van der Waals surface area contributed by atoms with Crippen LogP contribution in [0.2, 0.25) is 0 Å². The number of nitrogens with one attached hydrogen (secondary N) is 2. The van der Waals surface area contributed by atoms with Crippen LogP contribution in [0.5, 0.6) is 11.5 Å². The van der Waals surface area contributed by atoms with Crippen LogP contribution in [0, 0.1) is 0 Å². The molecule has 0 radical (unpaired) electrons. The first-order chi connectivity index (χ1) is 15.2. The molecule has 0 aliphatic rings. The van der Waals surface area contributed by atoms with Gasteiger partial charge in [-0.3, -0.25) is 4.79 Å². The van der Waals surface area contributed by atoms with E-state index in [0.29, 0.717) is 18.7 Å². The number of aromatic hydroxyl groups is 1.